The van der Waals surface area contributed by atoms with Gasteiger partial charge in [-0.1, -0.05) is 0 Å². The molecule has 0 spiro atoms. The van der Waals surface area contributed by atoms with Crippen LogP contribution in [0.4, 0.5) is 0 Å². The molecule has 3 aromatic heterocycles. The Labute approximate surface area is 210 Å². The molecular formula is C30H20N3PSe. The molecule has 0 aliphatic carbocycles. The van der Waals surface area contributed by atoms with Crippen molar-refractivity contribution in [1.82, 2.24) is 14.4 Å². The molecule has 7 aromatic rings. The molecule has 0 bridgehead atoms. The van der Waals surface area contributed by atoms with Crippen molar-refractivity contribution in [3.8, 4) is 0 Å². The number of aromatic nitrogens is 3. The molecule has 3 nitrogen and oxygen atoms in total. The van der Waals surface area contributed by atoms with Crippen molar-refractivity contribution in [2.45, 2.75) is 0 Å². The zero-order valence-electron chi connectivity index (χ0n) is 18.7. The molecule has 166 valence electrons. The second-order valence-electron chi connectivity index (χ2n) is 8.66. The van der Waals surface area contributed by atoms with Crippen LogP contribution in [-0.2, 0) is 0 Å². The fraction of sp³-hybridized carbons (Fsp3) is 0. The van der Waals surface area contributed by atoms with E-state index >= 15 is 0 Å². The number of hydrogen-bond donors (Lipinski definition) is 0. The first-order valence-electron chi connectivity index (χ1n) is 11.5. The van der Waals surface area contributed by atoms with E-state index in [0.717, 1.165) is 16.7 Å². The predicted molar refractivity (Wildman–Crippen MR) is 150 cm³/mol. The van der Waals surface area contributed by atoms with E-state index < -0.39 is 5.51 Å². The van der Waals surface area contributed by atoms with Gasteiger partial charge in [0.05, 0.1) is 0 Å². The molecule has 0 saturated carbocycles. The van der Waals surface area contributed by atoms with Gasteiger partial charge in [-0.25, -0.2) is 0 Å². The standard InChI is InChI=1S/C30H20N3PSe/c35-34(21-9-2-1-3-10-21,23-11-8-18-31-20-23)22-16-17-27-29(19-22)33-28-15-7-6-13-25(28)24-12-4-5-14-26(24)30(33)32-27/h1-20H. The number of benzene rings is 4. The maximum absolute atomic E-state index is 5.11. The Morgan fingerprint density at radius 2 is 1.31 bits per heavy atom. The van der Waals surface area contributed by atoms with E-state index in [1.165, 1.54) is 37.6 Å². The summed E-state index contributed by atoms with van der Waals surface area (Å²) in [5.41, 5.74) is 2.27. The topological polar surface area (TPSA) is 30.2 Å². The average molecular weight is 532 g/mol. The molecule has 3 heterocycles. The molecule has 0 saturated heterocycles. The van der Waals surface area contributed by atoms with Gasteiger partial charge in [0.15, 0.2) is 0 Å². The molecule has 0 aliphatic heterocycles. The Balaban J connectivity index is 1.61. The number of rotatable bonds is 3. The first kappa shape index (κ1) is 20.8. The van der Waals surface area contributed by atoms with Crippen molar-refractivity contribution in [3.05, 3.63) is 122 Å². The van der Waals surface area contributed by atoms with Gasteiger partial charge in [-0.2, -0.15) is 0 Å². The Bertz CT molecular complexity index is 1880. The normalized spacial score (nSPS) is 13.5. The number of nitrogens with zero attached hydrogens (tertiary/aromatic N) is 3. The van der Waals surface area contributed by atoms with E-state index in [9.17, 15) is 0 Å². The number of para-hydroxylation sites is 1. The summed E-state index contributed by atoms with van der Waals surface area (Å²) in [7, 11) is 0. The molecule has 1 unspecified atom stereocenters. The monoisotopic (exact) mass is 533 g/mol. The van der Waals surface area contributed by atoms with Crippen LogP contribution in [0.2, 0.25) is 0 Å². The van der Waals surface area contributed by atoms with Crippen LogP contribution in [0.15, 0.2) is 122 Å². The van der Waals surface area contributed by atoms with Crippen LogP contribution >= 0.6 is 5.51 Å². The van der Waals surface area contributed by atoms with Gasteiger partial charge < -0.3 is 0 Å². The molecule has 0 amide bonds. The van der Waals surface area contributed by atoms with Crippen LogP contribution in [0, 0.1) is 0 Å². The van der Waals surface area contributed by atoms with Gasteiger partial charge in [-0.15, -0.1) is 0 Å². The van der Waals surface area contributed by atoms with Crippen LogP contribution in [-0.4, -0.2) is 29.5 Å². The summed E-state index contributed by atoms with van der Waals surface area (Å²) in [5, 5.41) is 7.41. The van der Waals surface area contributed by atoms with E-state index in [2.05, 4.69) is 128 Å². The molecule has 1 atom stereocenters. The molecule has 7 rings (SSSR count). The Morgan fingerprint density at radius 3 is 2.11 bits per heavy atom. The van der Waals surface area contributed by atoms with Gasteiger partial charge in [-0.3, -0.25) is 0 Å². The Hall–Kier alpha value is -3.55. The van der Waals surface area contributed by atoms with Gasteiger partial charge in [-0.05, 0) is 0 Å². The quantitative estimate of drug-likeness (QED) is 0.169. The summed E-state index contributed by atoms with van der Waals surface area (Å²) in [6.45, 7) is 0. The summed E-state index contributed by atoms with van der Waals surface area (Å²) < 4.78 is 2.33. The van der Waals surface area contributed by atoms with Gasteiger partial charge in [0.1, 0.15) is 0 Å². The van der Waals surface area contributed by atoms with E-state index in [-0.39, 0.29) is 0 Å². The van der Waals surface area contributed by atoms with Crippen molar-refractivity contribution in [2.75, 3.05) is 0 Å². The van der Waals surface area contributed by atoms with E-state index in [1.54, 1.807) is 0 Å². The fourth-order valence-electron chi connectivity index (χ4n) is 5.12. The van der Waals surface area contributed by atoms with Crippen LogP contribution in [0.3, 0.4) is 0 Å². The fourth-order valence-corrected chi connectivity index (χ4v) is 9.88. The molecule has 0 radical (unpaired) electrons. The molecule has 0 aliphatic rings. The summed E-state index contributed by atoms with van der Waals surface area (Å²) in [6, 6.07) is 38.9. The molecule has 5 heteroatoms. The Kier molecular flexibility index (Phi) is 4.75. The third-order valence-electron chi connectivity index (χ3n) is 6.73. The van der Waals surface area contributed by atoms with Gasteiger partial charge in [0.25, 0.3) is 0 Å². The molecule has 35 heavy (non-hydrogen) atoms. The van der Waals surface area contributed by atoms with Crippen LogP contribution in [0.25, 0.3) is 38.4 Å². The summed E-state index contributed by atoms with van der Waals surface area (Å²) in [4.78, 5) is 9.58. The first-order chi connectivity index (χ1) is 17.2. The third-order valence-corrected chi connectivity index (χ3v) is 13.7. The van der Waals surface area contributed by atoms with Gasteiger partial charge >= 0.3 is 211 Å². The van der Waals surface area contributed by atoms with Crippen LogP contribution in [0.1, 0.15) is 0 Å². The second kappa shape index (κ2) is 8.00. The van der Waals surface area contributed by atoms with Crippen molar-refractivity contribution in [2.24, 2.45) is 0 Å². The van der Waals surface area contributed by atoms with Crippen molar-refractivity contribution in [3.63, 3.8) is 0 Å². The number of imidazole rings is 1. The average Bonchev–Trinajstić information content (AvgIpc) is 3.33. The van der Waals surface area contributed by atoms with Crippen LogP contribution < -0.4 is 15.9 Å². The number of hydrogen-bond acceptors (Lipinski definition) is 2. The zero-order chi connectivity index (χ0) is 23.4. The maximum atomic E-state index is 5.11. The van der Waals surface area contributed by atoms with Gasteiger partial charge in [0, 0.05) is 0 Å². The first-order valence-corrected chi connectivity index (χ1v) is 15.5. The summed E-state index contributed by atoms with van der Waals surface area (Å²) >= 11 is 3.65. The number of pyridine rings is 2. The molecule has 0 N–H and O–H groups in total. The number of fused-ring (bicyclic) bond motifs is 8. The summed E-state index contributed by atoms with van der Waals surface area (Å²) in [5.74, 6) is 0. The molecule has 0 fully saturated rings. The van der Waals surface area contributed by atoms with E-state index in [1.807, 2.05) is 18.5 Å². The van der Waals surface area contributed by atoms with Crippen molar-refractivity contribution < 1.29 is 0 Å². The minimum absolute atomic E-state index is 0.997. The SMILES string of the molecule is [Se]=P(c1ccccc1)(c1cccnc1)c1ccc2nc3c4ccccc4c4ccccc4n3c2c1. The van der Waals surface area contributed by atoms with Gasteiger partial charge in [0.2, 0.25) is 0 Å². The molecule has 4 aromatic carbocycles. The third kappa shape index (κ3) is 3.08. The molecular weight excluding hydrogens is 512 g/mol. The zero-order valence-corrected chi connectivity index (χ0v) is 21.4. The van der Waals surface area contributed by atoms with Crippen molar-refractivity contribution in [1.29, 1.82) is 0 Å². The van der Waals surface area contributed by atoms with Crippen molar-refractivity contribution >= 4 is 74.9 Å². The minimum atomic E-state index is -2.02. The Morgan fingerprint density at radius 1 is 0.600 bits per heavy atom. The van der Waals surface area contributed by atoms with E-state index in [4.69, 9.17) is 4.98 Å². The predicted octanol–water partition coefficient (Wildman–Crippen LogP) is 5.57. The second-order valence-corrected chi connectivity index (χ2v) is 14.9. The van der Waals surface area contributed by atoms with Crippen LogP contribution in [0.5, 0.6) is 0 Å². The van der Waals surface area contributed by atoms with E-state index in [0.29, 0.717) is 0 Å². The summed E-state index contributed by atoms with van der Waals surface area (Å²) in [6.07, 6.45) is 3.84.